The van der Waals surface area contributed by atoms with Crippen molar-refractivity contribution in [1.29, 1.82) is 0 Å². The van der Waals surface area contributed by atoms with Crippen molar-refractivity contribution in [2.24, 2.45) is 0 Å². The number of hydrogen-bond acceptors (Lipinski definition) is 4. The second-order valence-corrected chi connectivity index (χ2v) is 4.49. The molecule has 0 saturated heterocycles. The van der Waals surface area contributed by atoms with Gasteiger partial charge in [-0.3, -0.25) is 0 Å². The summed E-state index contributed by atoms with van der Waals surface area (Å²) in [6.45, 7) is 3.99. The topological polar surface area (TPSA) is 58.7 Å². The molecule has 0 saturated carbocycles. The Morgan fingerprint density at radius 3 is 2.50 bits per heavy atom. The molecule has 0 spiro atoms. The molecule has 0 aliphatic heterocycles. The Labute approximate surface area is 96.6 Å². The standard InChI is InChI=1S/C12H20N2O2/c1-12(2,8-15)14(3)10-5-9(13)6-11(7-10)16-4/h5-7,15H,8,13H2,1-4H3. The maximum Gasteiger partial charge on any atom is 0.122 e. The van der Waals surface area contributed by atoms with Gasteiger partial charge in [-0.15, -0.1) is 0 Å². The van der Waals surface area contributed by atoms with Crippen molar-refractivity contribution in [2.45, 2.75) is 19.4 Å². The normalized spacial score (nSPS) is 11.3. The molecular weight excluding hydrogens is 204 g/mol. The summed E-state index contributed by atoms with van der Waals surface area (Å²) in [5.74, 6) is 0.718. The van der Waals surface area contributed by atoms with Gasteiger partial charge in [-0.25, -0.2) is 0 Å². The van der Waals surface area contributed by atoms with Gasteiger partial charge in [-0.2, -0.15) is 0 Å². The molecule has 4 heteroatoms. The Morgan fingerprint density at radius 1 is 1.38 bits per heavy atom. The first-order chi connectivity index (χ1) is 7.40. The van der Waals surface area contributed by atoms with E-state index in [1.54, 1.807) is 13.2 Å². The summed E-state index contributed by atoms with van der Waals surface area (Å²) in [6, 6.07) is 5.52. The summed E-state index contributed by atoms with van der Waals surface area (Å²) in [5.41, 5.74) is 7.03. The summed E-state index contributed by atoms with van der Waals surface area (Å²) in [6.07, 6.45) is 0. The highest BCUT2D eigenvalue weighted by Gasteiger charge is 2.23. The molecule has 90 valence electrons. The van der Waals surface area contributed by atoms with Gasteiger partial charge in [-0.1, -0.05) is 0 Å². The molecule has 0 bridgehead atoms. The monoisotopic (exact) mass is 224 g/mol. The third-order valence-corrected chi connectivity index (χ3v) is 2.83. The number of nitrogens with zero attached hydrogens (tertiary/aromatic N) is 1. The van der Waals surface area contributed by atoms with Gasteiger partial charge >= 0.3 is 0 Å². The lowest BCUT2D eigenvalue weighted by atomic mass is 10.0. The predicted octanol–water partition coefficient (Wildman–Crippen LogP) is 1.48. The largest absolute Gasteiger partial charge is 0.497 e. The summed E-state index contributed by atoms with van der Waals surface area (Å²) < 4.78 is 5.16. The number of hydrogen-bond donors (Lipinski definition) is 2. The molecule has 1 aromatic carbocycles. The van der Waals surface area contributed by atoms with Gasteiger partial charge in [-0.05, 0) is 19.9 Å². The fourth-order valence-electron chi connectivity index (χ4n) is 1.37. The quantitative estimate of drug-likeness (QED) is 0.761. The molecule has 0 aliphatic carbocycles. The zero-order valence-corrected chi connectivity index (χ0v) is 10.3. The molecule has 0 heterocycles. The minimum absolute atomic E-state index is 0.0701. The summed E-state index contributed by atoms with van der Waals surface area (Å²) in [7, 11) is 3.53. The first kappa shape index (κ1) is 12.6. The van der Waals surface area contributed by atoms with Crippen molar-refractivity contribution in [3.63, 3.8) is 0 Å². The van der Waals surface area contributed by atoms with Gasteiger partial charge in [0.25, 0.3) is 0 Å². The Hall–Kier alpha value is -1.42. The Bertz CT molecular complexity index is 364. The van der Waals surface area contributed by atoms with Crippen molar-refractivity contribution < 1.29 is 9.84 Å². The molecule has 0 aromatic heterocycles. The van der Waals surface area contributed by atoms with Crippen molar-refractivity contribution in [1.82, 2.24) is 0 Å². The van der Waals surface area contributed by atoms with Crippen LogP contribution in [0.4, 0.5) is 11.4 Å². The molecular formula is C12H20N2O2. The van der Waals surface area contributed by atoms with Crippen LogP contribution in [0.1, 0.15) is 13.8 Å². The van der Waals surface area contributed by atoms with Crippen LogP contribution in [-0.2, 0) is 0 Å². The fraction of sp³-hybridized carbons (Fsp3) is 0.500. The van der Waals surface area contributed by atoms with Crippen LogP contribution >= 0.6 is 0 Å². The van der Waals surface area contributed by atoms with E-state index in [1.165, 1.54) is 0 Å². The predicted molar refractivity (Wildman–Crippen MR) is 67.0 cm³/mol. The van der Waals surface area contributed by atoms with E-state index < -0.39 is 0 Å². The minimum Gasteiger partial charge on any atom is -0.497 e. The summed E-state index contributed by atoms with van der Waals surface area (Å²) >= 11 is 0. The highest BCUT2D eigenvalue weighted by molar-refractivity contribution is 5.61. The lowest BCUT2D eigenvalue weighted by Crippen LogP contribution is -2.44. The van der Waals surface area contributed by atoms with E-state index in [0.717, 1.165) is 11.4 Å². The Morgan fingerprint density at radius 2 is 2.00 bits per heavy atom. The van der Waals surface area contributed by atoms with Crippen molar-refractivity contribution in [3.8, 4) is 5.75 Å². The molecule has 0 unspecified atom stereocenters. The minimum atomic E-state index is -0.335. The number of rotatable bonds is 4. The average molecular weight is 224 g/mol. The van der Waals surface area contributed by atoms with E-state index in [0.29, 0.717) is 5.69 Å². The van der Waals surface area contributed by atoms with Crippen LogP contribution in [0.5, 0.6) is 5.75 Å². The van der Waals surface area contributed by atoms with Crippen LogP contribution in [0.15, 0.2) is 18.2 Å². The highest BCUT2D eigenvalue weighted by atomic mass is 16.5. The lowest BCUT2D eigenvalue weighted by molar-refractivity contribution is 0.216. The van der Waals surface area contributed by atoms with Crippen LogP contribution in [0.3, 0.4) is 0 Å². The van der Waals surface area contributed by atoms with Crippen LogP contribution in [0.25, 0.3) is 0 Å². The number of likely N-dealkylation sites (N-methyl/N-ethyl adjacent to an activating group) is 1. The first-order valence-electron chi connectivity index (χ1n) is 5.20. The fourth-order valence-corrected chi connectivity index (χ4v) is 1.37. The van der Waals surface area contributed by atoms with Gasteiger partial charge in [0.05, 0.1) is 19.3 Å². The Balaban J connectivity index is 3.08. The number of nitrogen functional groups attached to an aromatic ring is 1. The molecule has 0 atom stereocenters. The number of methoxy groups -OCH3 is 1. The van der Waals surface area contributed by atoms with E-state index >= 15 is 0 Å². The van der Waals surface area contributed by atoms with Crippen LogP contribution < -0.4 is 15.4 Å². The summed E-state index contributed by atoms with van der Waals surface area (Å²) in [5, 5.41) is 9.32. The Kier molecular flexibility index (Phi) is 3.65. The number of benzene rings is 1. The van der Waals surface area contributed by atoms with Crippen LogP contribution in [-0.4, -0.2) is 31.4 Å². The molecule has 3 N–H and O–H groups in total. The zero-order valence-electron chi connectivity index (χ0n) is 10.3. The maximum atomic E-state index is 9.32. The molecule has 4 nitrogen and oxygen atoms in total. The van der Waals surface area contributed by atoms with Gasteiger partial charge in [0.2, 0.25) is 0 Å². The van der Waals surface area contributed by atoms with Crippen LogP contribution in [0, 0.1) is 0 Å². The van der Waals surface area contributed by atoms with E-state index in [2.05, 4.69) is 0 Å². The number of anilines is 2. The molecule has 0 radical (unpaired) electrons. The van der Waals surface area contributed by atoms with Crippen molar-refractivity contribution >= 4 is 11.4 Å². The van der Waals surface area contributed by atoms with Crippen molar-refractivity contribution in [2.75, 3.05) is 31.4 Å². The lowest BCUT2D eigenvalue weighted by Gasteiger charge is -2.36. The van der Waals surface area contributed by atoms with Gasteiger partial charge in [0.1, 0.15) is 5.75 Å². The molecule has 16 heavy (non-hydrogen) atoms. The average Bonchev–Trinajstić information content (AvgIpc) is 2.27. The van der Waals surface area contributed by atoms with E-state index in [4.69, 9.17) is 10.5 Å². The summed E-state index contributed by atoms with van der Waals surface area (Å²) in [4.78, 5) is 1.98. The number of aliphatic hydroxyl groups excluding tert-OH is 1. The van der Waals surface area contributed by atoms with E-state index in [9.17, 15) is 5.11 Å². The number of ether oxygens (including phenoxy) is 1. The maximum absolute atomic E-state index is 9.32. The van der Waals surface area contributed by atoms with Gasteiger partial charge < -0.3 is 20.5 Å². The van der Waals surface area contributed by atoms with E-state index in [1.807, 2.05) is 37.9 Å². The van der Waals surface area contributed by atoms with Gasteiger partial charge in [0, 0.05) is 30.6 Å². The number of nitrogens with two attached hydrogens (primary N) is 1. The third-order valence-electron chi connectivity index (χ3n) is 2.83. The molecule has 1 rings (SSSR count). The molecule has 1 aromatic rings. The van der Waals surface area contributed by atoms with Crippen LogP contribution in [0.2, 0.25) is 0 Å². The third kappa shape index (κ3) is 2.58. The first-order valence-corrected chi connectivity index (χ1v) is 5.20. The zero-order chi connectivity index (χ0) is 12.3. The molecule has 0 fully saturated rings. The molecule has 0 aliphatic rings. The molecule has 0 amide bonds. The second kappa shape index (κ2) is 4.61. The highest BCUT2D eigenvalue weighted by Crippen LogP contribution is 2.28. The van der Waals surface area contributed by atoms with Gasteiger partial charge in [0.15, 0.2) is 0 Å². The smallest absolute Gasteiger partial charge is 0.122 e. The SMILES string of the molecule is COc1cc(N)cc(N(C)C(C)(C)CO)c1. The van der Waals surface area contributed by atoms with E-state index in [-0.39, 0.29) is 12.1 Å². The number of aliphatic hydroxyl groups is 1. The second-order valence-electron chi connectivity index (χ2n) is 4.49. The van der Waals surface area contributed by atoms with Crippen molar-refractivity contribution in [3.05, 3.63) is 18.2 Å².